The van der Waals surface area contributed by atoms with E-state index in [2.05, 4.69) is 31.6 Å². The maximum absolute atomic E-state index is 12.5. The third-order valence-corrected chi connectivity index (χ3v) is 10.8. The van der Waals surface area contributed by atoms with Crippen LogP contribution in [0.2, 0.25) is 0 Å². The van der Waals surface area contributed by atoms with E-state index in [1.165, 1.54) is 128 Å². The summed E-state index contributed by atoms with van der Waals surface area (Å²) < 4.78 is 24.7. The van der Waals surface area contributed by atoms with Crippen LogP contribution in [0.15, 0.2) is 0 Å². The van der Waals surface area contributed by atoms with Crippen molar-refractivity contribution in [2.75, 3.05) is 46.1 Å². The third kappa shape index (κ3) is 41.9. The minimum atomic E-state index is -0.475. The van der Waals surface area contributed by atoms with Gasteiger partial charge in [0.15, 0.2) is 6.54 Å². The molecule has 0 aromatic heterocycles. The summed E-state index contributed by atoms with van der Waals surface area (Å²) in [6.45, 7) is 10.7. The van der Waals surface area contributed by atoms with E-state index in [4.69, 9.17) is 24.1 Å². The van der Waals surface area contributed by atoms with Crippen molar-refractivity contribution < 1.29 is 38.2 Å². The number of ether oxygens (including phenoxy) is 4. The zero-order valence-electron chi connectivity index (χ0n) is 37.5. The number of carbonyl (C=O) groups excluding carboxylic acids is 2. The van der Waals surface area contributed by atoms with Gasteiger partial charge in [0.2, 0.25) is 0 Å². The molecule has 0 fully saturated rings. The van der Waals surface area contributed by atoms with E-state index in [1.807, 2.05) is 0 Å². The normalized spacial score (nSPS) is 12.2. The number of hydrogen-bond acceptors (Lipinski definition) is 7. The van der Waals surface area contributed by atoms with Gasteiger partial charge in [0, 0.05) is 19.3 Å². The van der Waals surface area contributed by atoms with Crippen molar-refractivity contribution in [1.29, 1.82) is 0 Å². The van der Waals surface area contributed by atoms with Crippen LogP contribution in [0, 0.1) is 0 Å². The molecule has 56 heavy (non-hydrogen) atoms. The Hall–Kier alpha value is -1.67. The lowest BCUT2D eigenvalue weighted by Crippen LogP contribution is -2.21. The molecular formula is C48H94NO7+. The van der Waals surface area contributed by atoms with Gasteiger partial charge in [-0.2, -0.15) is 0 Å². The van der Waals surface area contributed by atoms with Gasteiger partial charge in [-0.15, -0.1) is 0 Å². The van der Waals surface area contributed by atoms with Gasteiger partial charge in [-0.05, 0) is 57.8 Å². The largest absolute Gasteiger partial charge is 0.508 e. The zero-order valence-corrected chi connectivity index (χ0v) is 37.5. The molecule has 0 radical (unpaired) electrons. The number of nitrogens with zero attached hydrogens (tertiary/aromatic N) is 1. The second-order valence-corrected chi connectivity index (χ2v) is 16.3. The maximum Gasteiger partial charge on any atom is 0.508 e. The number of aliphatic hydroxyl groups is 1. The van der Waals surface area contributed by atoms with E-state index in [9.17, 15) is 9.59 Å². The maximum atomic E-state index is 12.5. The number of esters is 1. The summed E-state index contributed by atoms with van der Waals surface area (Å²) >= 11 is 0. The molecular weight excluding hydrogens is 703 g/mol. The first-order chi connectivity index (χ1) is 27.6. The van der Waals surface area contributed by atoms with Gasteiger partial charge in [-0.3, -0.25) is 4.79 Å². The fraction of sp³-hybridized carbons (Fsp3) is 0.938. The standard InChI is InChI=1S/C48H94NO7/c1-4-7-10-13-15-16-17-22-29-36-46(35-28-12-9-6-3)56-48(52)55-43-34-27-21-19-25-32-39-49(40-44-53-45-41-50)38-31-24-18-20-26-33-42-54-47(51)37-30-23-14-11-8-5-2/h38,46,50H,4-37,39-45H2,1-3H3/q+1. The quantitative estimate of drug-likeness (QED) is 0.0284. The number of hydrogen-bond donors (Lipinski definition) is 1. The molecule has 8 heteroatoms. The molecule has 8 nitrogen and oxygen atoms in total. The summed E-state index contributed by atoms with van der Waals surface area (Å²) in [5.74, 6) is -0.0300. The van der Waals surface area contributed by atoms with Crippen molar-refractivity contribution in [3.05, 3.63) is 0 Å². The molecule has 0 aliphatic heterocycles. The Bertz CT molecular complexity index is 851. The zero-order chi connectivity index (χ0) is 40.8. The molecule has 1 unspecified atom stereocenters. The van der Waals surface area contributed by atoms with Crippen LogP contribution in [0.25, 0.3) is 0 Å². The van der Waals surface area contributed by atoms with Crippen LogP contribution in [0.4, 0.5) is 4.79 Å². The number of aliphatic hydroxyl groups excluding tert-OH is 1. The first-order valence-corrected chi connectivity index (χ1v) is 24.3. The third-order valence-electron chi connectivity index (χ3n) is 10.8. The summed E-state index contributed by atoms with van der Waals surface area (Å²) in [7, 11) is 0. The molecule has 0 aliphatic carbocycles. The predicted molar refractivity (Wildman–Crippen MR) is 235 cm³/mol. The Balaban J connectivity index is 4.12. The van der Waals surface area contributed by atoms with Crippen molar-refractivity contribution in [2.45, 2.75) is 245 Å². The van der Waals surface area contributed by atoms with Crippen molar-refractivity contribution in [3.8, 4) is 0 Å². The topological polar surface area (TPSA) is 94.3 Å². The number of carbonyl (C=O) groups is 2. The summed E-state index contributed by atoms with van der Waals surface area (Å²) in [6.07, 6.45) is 41.3. The van der Waals surface area contributed by atoms with Crippen molar-refractivity contribution >= 4 is 18.3 Å². The summed E-state index contributed by atoms with van der Waals surface area (Å²) in [5.41, 5.74) is 0. The van der Waals surface area contributed by atoms with E-state index in [0.717, 1.165) is 96.6 Å². The Morgan fingerprint density at radius 3 is 1.54 bits per heavy atom. The van der Waals surface area contributed by atoms with Gasteiger partial charge in [-0.1, -0.05) is 162 Å². The molecule has 0 saturated carbocycles. The molecule has 0 saturated heterocycles. The van der Waals surface area contributed by atoms with Crippen LogP contribution in [-0.2, 0) is 23.7 Å². The fourth-order valence-electron chi connectivity index (χ4n) is 7.19. The van der Waals surface area contributed by atoms with E-state index in [-0.39, 0.29) is 18.7 Å². The average Bonchev–Trinajstić information content (AvgIpc) is 3.19. The van der Waals surface area contributed by atoms with Crippen LogP contribution in [0.5, 0.6) is 0 Å². The smallest absolute Gasteiger partial charge is 0.466 e. The Morgan fingerprint density at radius 2 is 0.964 bits per heavy atom. The molecule has 0 spiro atoms. The molecule has 0 aromatic rings. The SMILES string of the molecule is CCCCCCCCCCCC(CCCCCC)OC(=O)OCCCCCCCC[N+](=CCCCCCCCOC(=O)CCCCCCCC)CCOCCO. The monoisotopic (exact) mass is 797 g/mol. The molecule has 332 valence electrons. The van der Waals surface area contributed by atoms with Crippen LogP contribution in [-0.4, -0.2) is 80.2 Å². The van der Waals surface area contributed by atoms with Gasteiger partial charge >= 0.3 is 12.1 Å². The molecule has 1 N–H and O–H groups in total. The first-order valence-electron chi connectivity index (χ1n) is 24.3. The number of unbranched alkanes of at least 4 members (excludes halogenated alkanes) is 26. The lowest BCUT2D eigenvalue weighted by atomic mass is 10.0. The highest BCUT2D eigenvalue weighted by molar-refractivity contribution is 5.69. The Morgan fingerprint density at radius 1 is 0.500 bits per heavy atom. The minimum absolute atomic E-state index is 0.00408. The van der Waals surface area contributed by atoms with Gasteiger partial charge in [0.25, 0.3) is 0 Å². The van der Waals surface area contributed by atoms with Gasteiger partial charge in [0.1, 0.15) is 25.5 Å². The number of rotatable bonds is 45. The lowest BCUT2D eigenvalue weighted by molar-refractivity contribution is -0.528. The predicted octanol–water partition coefficient (Wildman–Crippen LogP) is 13.5. The molecule has 0 aromatic carbocycles. The summed E-state index contributed by atoms with van der Waals surface area (Å²) in [6, 6.07) is 0. The Labute approximate surface area is 347 Å². The van der Waals surface area contributed by atoms with Gasteiger partial charge in [0.05, 0.1) is 26.4 Å². The molecule has 0 rings (SSSR count). The molecule has 0 aliphatic rings. The second kappa shape index (κ2) is 46.0. The van der Waals surface area contributed by atoms with E-state index < -0.39 is 6.16 Å². The van der Waals surface area contributed by atoms with E-state index in [0.29, 0.717) is 32.8 Å². The fourth-order valence-corrected chi connectivity index (χ4v) is 7.19. The highest BCUT2D eigenvalue weighted by atomic mass is 16.7. The molecule has 0 heterocycles. The van der Waals surface area contributed by atoms with Crippen LogP contribution < -0.4 is 0 Å². The van der Waals surface area contributed by atoms with Gasteiger partial charge < -0.3 is 24.1 Å². The van der Waals surface area contributed by atoms with Crippen molar-refractivity contribution in [2.24, 2.45) is 0 Å². The van der Waals surface area contributed by atoms with Crippen LogP contribution in [0.3, 0.4) is 0 Å². The Kier molecular flexibility index (Phi) is 44.7. The first kappa shape index (κ1) is 54.3. The molecule has 0 bridgehead atoms. The van der Waals surface area contributed by atoms with E-state index >= 15 is 0 Å². The summed E-state index contributed by atoms with van der Waals surface area (Å²) in [4.78, 5) is 24.4. The minimum Gasteiger partial charge on any atom is -0.466 e. The average molecular weight is 797 g/mol. The highest BCUT2D eigenvalue weighted by Crippen LogP contribution is 2.18. The van der Waals surface area contributed by atoms with Crippen molar-refractivity contribution in [3.63, 3.8) is 0 Å². The van der Waals surface area contributed by atoms with Crippen LogP contribution in [0.1, 0.15) is 239 Å². The lowest BCUT2D eigenvalue weighted by Gasteiger charge is -2.18. The second-order valence-electron chi connectivity index (χ2n) is 16.3. The van der Waals surface area contributed by atoms with Crippen molar-refractivity contribution in [1.82, 2.24) is 0 Å². The van der Waals surface area contributed by atoms with Crippen LogP contribution >= 0.6 is 0 Å². The highest BCUT2D eigenvalue weighted by Gasteiger charge is 2.15. The molecule has 0 amide bonds. The molecule has 1 atom stereocenters. The summed E-state index contributed by atoms with van der Waals surface area (Å²) in [5, 5.41) is 9.06. The van der Waals surface area contributed by atoms with Gasteiger partial charge in [-0.25, -0.2) is 9.37 Å². The van der Waals surface area contributed by atoms with E-state index in [1.54, 1.807) is 0 Å².